The third-order valence-electron chi connectivity index (χ3n) is 7.48. The van der Waals surface area contributed by atoms with Crippen LogP contribution in [0.2, 0.25) is 0 Å². The van der Waals surface area contributed by atoms with Crippen LogP contribution in [0.4, 0.5) is 0 Å². The number of esters is 1. The number of carbonyl (C=O) groups excluding carboxylic acids is 1. The summed E-state index contributed by atoms with van der Waals surface area (Å²) in [5.74, 6) is -0.673. The van der Waals surface area contributed by atoms with Gasteiger partial charge in [0.15, 0.2) is 0 Å². The molecule has 0 rings (SSSR count). The van der Waals surface area contributed by atoms with Crippen LogP contribution >= 0.6 is 0 Å². The first-order chi connectivity index (χ1) is 18.6. The zero-order valence-corrected chi connectivity index (χ0v) is 25.5. The zero-order valence-electron chi connectivity index (χ0n) is 25.5. The van der Waals surface area contributed by atoms with E-state index in [9.17, 15) is 9.59 Å². The summed E-state index contributed by atoms with van der Waals surface area (Å²) in [7, 11) is 0. The van der Waals surface area contributed by atoms with Gasteiger partial charge in [-0.3, -0.25) is 9.59 Å². The van der Waals surface area contributed by atoms with Crippen molar-refractivity contribution in [2.75, 3.05) is 0 Å². The van der Waals surface area contributed by atoms with Gasteiger partial charge in [0.25, 0.3) is 0 Å². The number of rotatable bonds is 30. The fourth-order valence-corrected chi connectivity index (χ4v) is 4.97. The van der Waals surface area contributed by atoms with Crippen LogP contribution in [-0.4, -0.2) is 23.1 Å². The molecular formula is C34H64O4. The van der Waals surface area contributed by atoms with E-state index in [1.165, 1.54) is 122 Å². The lowest BCUT2D eigenvalue weighted by Crippen LogP contribution is -2.14. The van der Waals surface area contributed by atoms with Gasteiger partial charge in [-0.05, 0) is 51.9 Å². The largest absolute Gasteiger partial charge is 0.481 e. The first-order valence-electron chi connectivity index (χ1n) is 16.6. The average molecular weight is 537 g/mol. The van der Waals surface area contributed by atoms with E-state index in [1.54, 1.807) is 0 Å². The Labute approximate surface area is 236 Å². The van der Waals surface area contributed by atoms with E-state index in [2.05, 4.69) is 19.1 Å². The van der Waals surface area contributed by atoms with Crippen molar-refractivity contribution in [2.45, 2.75) is 193 Å². The highest BCUT2D eigenvalue weighted by Crippen LogP contribution is 2.15. The molecule has 0 aliphatic heterocycles. The Bertz CT molecular complexity index is 543. The third-order valence-corrected chi connectivity index (χ3v) is 7.48. The van der Waals surface area contributed by atoms with Crippen molar-refractivity contribution >= 4 is 11.9 Å². The predicted octanol–water partition coefficient (Wildman–Crippen LogP) is 11.1. The van der Waals surface area contributed by atoms with Crippen LogP contribution in [0.25, 0.3) is 0 Å². The lowest BCUT2D eigenvalue weighted by atomic mass is 10.0. The molecule has 0 heterocycles. The van der Waals surface area contributed by atoms with Gasteiger partial charge in [0.05, 0.1) is 6.10 Å². The van der Waals surface area contributed by atoms with Crippen molar-refractivity contribution in [3.8, 4) is 0 Å². The predicted molar refractivity (Wildman–Crippen MR) is 163 cm³/mol. The Hall–Kier alpha value is -1.32. The molecule has 0 aromatic rings. The summed E-state index contributed by atoms with van der Waals surface area (Å²) >= 11 is 0. The number of carboxylic acids is 1. The lowest BCUT2D eigenvalue weighted by Gasteiger charge is -2.13. The lowest BCUT2D eigenvalue weighted by molar-refractivity contribution is -0.148. The molecule has 0 saturated carbocycles. The van der Waals surface area contributed by atoms with Gasteiger partial charge in [-0.15, -0.1) is 0 Å². The van der Waals surface area contributed by atoms with E-state index in [0.29, 0.717) is 12.8 Å². The van der Waals surface area contributed by atoms with E-state index in [0.717, 1.165) is 38.5 Å². The smallest absolute Gasteiger partial charge is 0.306 e. The molecule has 4 nitrogen and oxygen atoms in total. The molecule has 0 radical (unpaired) electrons. The molecule has 1 unspecified atom stereocenters. The Morgan fingerprint density at radius 3 is 1.45 bits per heavy atom. The van der Waals surface area contributed by atoms with E-state index < -0.39 is 5.97 Å². The summed E-state index contributed by atoms with van der Waals surface area (Å²) in [5, 5.41) is 8.62. The highest BCUT2D eigenvalue weighted by molar-refractivity contribution is 5.69. The molecule has 0 fully saturated rings. The number of hydrogen-bond acceptors (Lipinski definition) is 3. The number of aliphatic carboxylic acids is 1. The van der Waals surface area contributed by atoms with Crippen molar-refractivity contribution in [3.05, 3.63) is 12.2 Å². The van der Waals surface area contributed by atoms with Crippen LogP contribution in [0.15, 0.2) is 12.2 Å². The Morgan fingerprint density at radius 1 is 0.579 bits per heavy atom. The second kappa shape index (κ2) is 30.2. The quantitative estimate of drug-likeness (QED) is 0.0563. The van der Waals surface area contributed by atoms with E-state index in [4.69, 9.17) is 9.84 Å². The first-order valence-corrected chi connectivity index (χ1v) is 16.6. The summed E-state index contributed by atoms with van der Waals surface area (Å²) in [6.45, 7) is 4.28. The van der Waals surface area contributed by atoms with Crippen molar-refractivity contribution in [2.24, 2.45) is 0 Å². The number of allylic oxidation sites excluding steroid dienone is 2. The molecule has 0 aliphatic carbocycles. The second-order valence-corrected chi connectivity index (χ2v) is 11.5. The fraction of sp³-hybridized carbons (Fsp3) is 0.882. The average Bonchev–Trinajstić information content (AvgIpc) is 2.88. The molecule has 224 valence electrons. The zero-order chi connectivity index (χ0) is 27.9. The van der Waals surface area contributed by atoms with Crippen LogP contribution < -0.4 is 0 Å². The fourth-order valence-electron chi connectivity index (χ4n) is 4.97. The van der Waals surface area contributed by atoms with Crippen LogP contribution in [-0.2, 0) is 14.3 Å². The summed E-state index contributed by atoms with van der Waals surface area (Å²) in [6.07, 6.45) is 36.3. The standard InChI is InChI=1S/C34H64O4/c1-3-4-5-6-7-8-14-19-22-25-28-31-34(37)38-32(2)29-26-23-20-17-15-12-10-9-11-13-16-18-21-24-27-30-33(35)36/h6-7,32H,3-5,8-31H2,1-2H3,(H,35,36)/b7-6-. The highest BCUT2D eigenvalue weighted by Gasteiger charge is 2.09. The van der Waals surface area contributed by atoms with Crippen molar-refractivity contribution < 1.29 is 19.4 Å². The van der Waals surface area contributed by atoms with Gasteiger partial charge in [0, 0.05) is 12.8 Å². The molecule has 1 N–H and O–H groups in total. The molecule has 1 atom stereocenters. The number of carboxylic acid groups (broad SMARTS) is 1. The van der Waals surface area contributed by atoms with Gasteiger partial charge in [-0.2, -0.15) is 0 Å². The van der Waals surface area contributed by atoms with Crippen LogP contribution in [0.3, 0.4) is 0 Å². The van der Waals surface area contributed by atoms with Gasteiger partial charge in [0.1, 0.15) is 0 Å². The molecule has 38 heavy (non-hydrogen) atoms. The van der Waals surface area contributed by atoms with Gasteiger partial charge in [-0.25, -0.2) is 0 Å². The molecule has 0 spiro atoms. The monoisotopic (exact) mass is 536 g/mol. The number of hydrogen-bond donors (Lipinski definition) is 1. The van der Waals surface area contributed by atoms with Gasteiger partial charge < -0.3 is 9.84 Å². The van der Waals surface area contributed by atoms with Crippen molar-refractivity contribution in [1.82, 2.24) is 0 Å². The van der Waals surface area contributed by atoms with E-state index in [-0.39, 0.29) is 12.1 Å². The van der Waals surface area contributed by atoms with E-state index in [1.807, 2.05) is 6.92 Å². The highest BCUT2D eigenvalue weighted by atomic mass is 16.5. The van der Waals surface area contributed by atoms with Crippen LogP contribution in [0.5, 0.6) is 0 Å². The maximum atomic E-state index is 12.1. The molecule has 0 amide bonds. The third kappa shape index (κ3) is 30.9. The maximum absolute atomic E-state index is 12.1. The SMILES string of the molecule is CCCC/C=C\CCCCCCCC(=O)OC(C)CCCCCCCCCCCCCCCCCC(=O)O. The second-order valence-electron chi connectivity index (χ2n) is 11.5. The van der Waals surface area contributed by atoms with Crippen LogP contribution in [0.1, 0.15) is 187 Å². The minimum atomic E-state index is -0.666. The Morgan fingerprint density at radius 2 is 0.974 bits per heavy atom. The molecule has 0 aliphatic rings. The number of carbonyl (C=O) groups is 2. The van der Waals surface area contributed by atoms with Gasteiger partial charge in [-0.1, -0.05) is 135 Å². The molecule has 0 aromatic carbocycles. The molecule has 4 heteroatoms. The first kappa shape index (κ1) is 36.7. The summed E-state index contributed by atoms with van der Waals surface area (Å²) in [6, 6.07) is 0. The summed E-state index contributed by atoms with van der Waals surface area (Å²) < 4.78 is 5.61. The topological polar surface area (TPSA) is 63.6 Å². The Balaban J connectivity index is 3.30. The van der Waals surface area contributed by atoms with Crippen molar-refractivity contribution in [3.63, 3.8) is 0 Å². The van der Waals surface area contributed by atoms with Crippen LogP contribution in [0, 0.1) is 0 Å². The minimum absolute atomic E-state index is 0.00732. The normalized spacial score (nSPS) is 12.3. The summed E-state index contributed by atoms with van der Waals surface area (Å²) in [4.78, 5) is 22.5. The molecule has 0 aromatic heterocycles. The maximum Gasteiger partial charge on any atom is 0.306 e. The number of unbranched alkanes of at least 4 members (excludes halogenated alkanes) is 21. The van der Waals surface area contributed by atoms with Gasteiger partial charge >= 0.3 is 11.9 Å². The number of ether oxygens (including phenoxy) is 1. The summed E-state index contributed by atoms with van der Waals surface area (Å²) in [5.41, 5.74) is 0. The van der Waals surface area contributed by atoms with E-state index >= 15 is 0 Å². The molecule has 0 saturated heterocycles. The Kier molecular flexibility index (Phi) is 29.2. The minimum Gasteiger partial charge on any atom is -0.481 e. The molecular weight excluding hydrogens is 472 g/mol. The van der Waals surface area contributed by atoms with Crippen molar-refractivity contribution in [1.29, 1.82) is 0 Å². The molecule has 0 bridgehead atoms. The van der Waals surface area contributed by atoms with Gasteiger partial charge in [0.2, 0.25) is 0 Å².